The highest BCUT2D eigenvalue weighted by molar-refractivity contribution is 6.73. The van der Waals surface area contributed by atoms with Gasteiger partial charge in [-0.05, 0) is 98.0 Å². The van der Waals surface area contributed by atoms with Crippen molar-refractivity contribution in [2.24, 2.45) is 17.8 Å². The highest BCUT2D eigenvalue weighted by Crippen LogP contribution is 2.50. The fourth-order valence-electron chi connectivity index (χ4n) is 7.04. The van der Waals surface area contributed by atoms with Gasteiger partial charge >= 0.3 is 5.97 Å². The van der Waals surface area contributed by atoms with E-state index in [0.717, 1.165) is 63.5 Å². The van der Waals surface area contributed by atoms with E-state index in [2.05, 4.69) is 46.8 Å². The van der Waals surface area contributed by atoms with Gasteiger partial charge in [0.15, 0.2) is 14.9 Å². The number of carbonyl (C=O) groups excluding carboxylic acids is 1. The van der Waals surface area contributed by atoms with E-state index < -0.39 is 8.32 Å². The van der Waals surface area contributed by atoms with Crippen molar-refractivity contribution in [2.45, 2.75) is 136 Å². The smallest absolute Gasteiger partial charge is 0.344 e. The topological polar surface area (TPSA) is 65.0 Å². The van der Waals surface area contributed by atoms with E-state index >= 15 is 0 Å². The third-order valence-electron chi connectivity index (χ3n) is 9.74. The maximum atomic E-state index is 12.2. The molecule has 0 aliphatic heterocycles. The molecule has 0 spiro atoms. The van der Waals surface area contributed by atoms with Gasteiger partial charge in [-0.3, -0.25) is 0 Å². The van der Waals surface area contributed by atoms with Crippen LogP contribution in [0.4, 0.5) is 0 Å². The molecule has 1 aromatic carbocycles. The number of ether oxygens (including phenoxy) is 2. The maximum Gasteiger partial charge on any atom is 0.344 e. The Morgan fingerprint density at radius 2 is 1.74 bits per heavy atom. The minimum absolute atomic E-state index is 0.0316. The predicted octanol–water partition coefficient (Wildman–Crippen LogP) is 7.87. The summed E-state index contributed by atoms with van der Waals surface area (Å²) < 4.78 is 18.5. The lowest BCUT2D eigenvalue weighted by molar-refractivity contribution is -0.146. The molecule has 0 amide bonds. The van der Waals surface area contributed by atoms with E-state index in [1.807, 2.05) is 6.07 Å². The fraction of sp³-hybridized carbons (Fsp3) is 0.788. The summed E-state index contributed by atoms with van der Waals surface area (Å²) in [5.41, 5.74) is 2.62. The maximum absolute atomic E-state index is 12.2. The third-order valence-corrected chi connectivity index (χ3v) is 14.4. The van der Waals surface area contributed by atoms with Crippen LogP contribution in [0.2, 0.25) is 18.1 Å². The van der Waals surface area contributed by atoms with Crippen LogP contribution in [-0.4, -0.2) is 44.8 Å². The van der Waals surface area contributed by atoms with Crippen molar-refractivity contribution in [3.05, 3.63) is 29.3 Å². The van der Waals surface area contributed by atoms with Gasteiger partial charge in [-0.2, -0.15) is 0 Å². The second kappa shape index (κ2) is 16.2. The molecule has 0 saturated heterocycles. The first kappa shape index (κ1) is 32.1. The molecule has 3 rings (SSSR count). The number of hydrogen-bond acceptors (Lipinski definition) is 5. The van der Waals surface area contributed by atoms with Gasteiger partial charge in [-0.1, -0.05) is 72.4 Å². The van der Waals surface area contributed by atoms with Gasteiger partial charge in [0.1, 0.15) is 5.75 Å². The van der Waals surface area contributed by atoms with E-state index in [-0.39, 0.29) is 18.7 Å². The van der Waals surface area contributed by atoms with Crippen LogP contribution >= 0.6 is 0 Å². The SMILES string of the molecule is CCCCC[C@H](O)CC[C@H]1[C@H](O[Si](CC)(CC)CC)CC2Cc3c(cccc3OCC(=O)OCCCC)C[C@@H]21. The first-order valence-corrected chi connectivity index (χ1v) is 18.7. The van der Waals surface area contributed by atoms with Crippen molar-refractivity contribution < 1.29 is 23.8 Å². The highest BCUT2D eigenvalue weighted by atomic mass is 28.4. The molecule has 2 aliphatic rings. The average Bonchev–Trinajstić information content (AvgIpc) is 3.28. The molecule has 5 atom stereocenters. The molecule has 2 aliphatic carbocycles. The second-order valence-electron chi connectivity index (χ2n) is 12.1. The zero-order valence-electron chi connectivity index (χ0n) is 25.5. The number of hydrogen-bond donors (Lipinski definition) is 1. The Balaban J connectivity index is 1.73. The quantitative estimate of drug-likeness (QED) is 0.112. The zero-order chi connectivity index (χ0) is 28.3. The molecule has 1 N–H and O–H groups in total. The number of aliphatic hydroxyl groups excluding tert-OH is 1. The highest BCUT2D eigenvalue weighted by Gasteiger charge is 2.48. The minimum atomic E-state index is -1.74. The van der Waals surface area contributed by atoms with Gasteiger partial charge in [0.25, 0.3) is 0 Å². The number of aliphatic hydroxyl groups is 1. The molecular formula is C33H56O5Si. The summed E-state index contributed by atoms with van der Waals surface area (Å²) in [5, 5.41) is 10.8. The van der Waals surface area contributed by atoms with Crippen LogP contribution in [0, 0.1) is 17.8 Å². The van der Waals surface area contributed by atoms with Crippen LogP contribution in [0.3, 0.4) is 0 Å². The third kappa shape index (κ3) is 8.80. The Hall–Kier alpha value is -1.37. The van der Waals surface area contributed by atoms with Gasteiger partial charge in [-0.15, -0.1) is 0 Å². The fourth-order valence-corrected chi connectivity index (χ4v) is 9.95. The molecule has 0 heterocycles. The van der Waals surface area contributed by atoms with Crippen LogP contribution in [0.1, 0.15) is 104 Å². The first-order valence-electron chi connectivity index (χ1n) is 16.1. The van der Waals surface area contributed by atoms with Crippen LogP contribution in [0.25, 0.3) is 0 Å². The van der Waals surface area contributed by atoms with Gasteiger partial charge in [0.05, 0.1) is 12.7 Å². The molecule has 1 unspecified atom stereocenters. The summed E-state index contributed by atoms with van der Waals surface area (Å²) >= 11 is 0. The largest absolute Gasteiger partial charge is 0.482 e. The van der Waals surface area contributed by atoms with E-state index in [4.69, 9.17) is 13.9 Å². The molecule has 1 fully saturated rings. The van der Waals surface area contributed by atoms with Crippen LogP contribution in [0.5, 0.6) is 5.75 Å². The van der Waals surface area contributed by atoms with Crippen molar-refractivity contribution in [1.29, 1.82) is 0 Å². The predicted molar refractivity (Wildman–Crippen MR) is 162 cm³/mol. The van der Waals surface area contributed by atoms with Crippen molar-refractivity contribution in [1.82, 2.24) is 0 Å². The van der Waals surface area contributed by atoms with Crippen molar-refractivity contribution in [3.8, 4) is 5.75 Å². The molecule has 0 aromatic heterocycles. The van der Waals surface area contributed by atoms with Gasteiger partial charge < -0.3 is 19.0 Å². The first-order chi connectivity index (χ1) is 18.9. The Morgan fingerprint density at radius 1 is 1.00 bits per heavy atom. The second-order valence-corrected chi connectivity index (χ2v) is 16.8. The summed E-state index contributed by atoms with van der Waals surface area (Å²) in [7, 11) is -1.74. The van der Waals surface area contributed by atoms with Crippen molar-refractivity contribution in [3.63, 3.8) is 0 Å². The number of carbonyl (C=O) groups is 1. The molecule has 1 aromatic rings. The Kier molecular flexibility index (Phi) is 13.3. The molecule has 0 radical (unpaired) electrons. The van der Waals surface area contributed by atoms with E-state index in [1.54, 1.807) is 0 Å². The summed E-state index contributed by atoms with van der Waals surface area (Å²) in [4.78, 5) is 12.2. The number of unbranched alkanes of at least 4 members (excludes halogenated alkanes) is 3. The van der Waals surface area contributed by atoms with Gasteiger partial charge in [-0.25, -0.2) is 4.79 Å². The molecule has 0 bridgehead atoms. The Morgan fingerprint density at radius 3 is 2.44 bits per heavy atom. The monoisotopic (exact) mass is 560 g/mol. The molecule has 5 nitrogen and oxygen atoms in total. The van der Waals surface area contributed by atoms with Gasteiger partial charge in [0.2, 0.25) is 0 Å². The Labute approximate surface area is 239 Å². The lowest BCUT2D eigenvalue weighted by Gasteiger charge is -2.36. The van der Waals surface area contributed by atoms with Crippen molar-refractivity contribution in [2.75, 3.05) is 13.2 Å². The molecule has 6 heteroatoms. The lowest BCUT2D eigenvalue weighted by atomic mass is 9.73. The molecular weight excluding hydrogens is 504 g/mol. The van der Waals surface area contributed by atoms with Gasteiger partial charge in [0, 0.05) is 6.10 Å². The normalized spacial score (nSPS) is 23.2. The minimum Gasteiger partial charge on any atom is -0.482 e. The molecule has 1 saturated carbocycles. The number of fused-ring (bicyclic) bond motifs is 2. The Bertz CT molecular complexity index is 861. The number of benzene rings is 1. The number of esters is 1. The average molecular weight is 561 g/mol. The van der Waals surface area contributed by atoms with E-state index in [1.165, 1.54) is 42.1 Å². The molecule has 39 heavy (non-hydrogen) atoms. The van der Waals surface area contributed by atoms with Crippen molar-refractivity contribution >= 4 is 14.3 Å². The summed E-state index contributed by atoms with van der Waals surface area (Å²) in [5.74, 6) is 2.19. The van der Waals surface area contributed by atoms with E-state index in [0.29, 0.717) is 30.5 Å². The summed E-state index contributed by atoms with van der Waals surface area (Å²) in [6, 6.07) is 9.83. The standard InChI is InChI=1S/C33H56O5Si/c1-6-11-13-16-27(34)18-19-28-29-21-25-15-14-17-31(37-24-33(35)36-20-12-7-2)30(25)22-26(29)23-32(28)38-39(8-3,9-4)10-5/h14-15,17,26-29,32,34H,6-13,16,18-24H2,1-5H3/t26?,27-,28+,29-,32+/m0/s1. The van der Waals surface area contributed by atoms with Crippen LogP contribution < -0.4 is 4.74 Å². The van der Waals surface area contributed by atoms with E-state index in [9.17, 15) is 9.90 Å². The number of rotatable bonds is 18. The van der Waals surface area contributed by atoms with Crippen LogP contribution in [0.15, 0.2) is 18.2 Å². The van der Waals surface area contributed by atoms with Crippen LogP contribution in [-0.2, 0) is 26.8 Å². The summed E-state index contributed by atoms with van der Waals surface area (Å²) in [6.45, 7) is 11.7. The molecule has 222 valence electrons. The zero-order valence-corrected chi connectivity index (χ0v) is 26.5. The lowest BCUT2D eigenvalue weighted by Crippen LogP contribution is -2.42. The summed E-state index contributed by atoms with van der Waals surface area (Å²) in [6.07, 6.45) is 11.5.